The number of hydrogen-bond donors (Lipinski definition) is 5. The van der Waals surface area contributed by atoms with E-state index in [1.165, 1.54) is 4.90 Å². The molecule has 0 aliphatic carbocycles. The van der Waals surface area contributed by atoms with Gasteiger partial charge in [0.1, 0.15) is 41.5 Å². The first-order valence-corrected chi connectivity index (χ1v) is 30.3. The Kier molecular flexibility index (Phi) is 17.1. The quantitative estimate of drug-likeness (QED) is 0.0645. The fourth-order valence-electron chi connectivity index (χ4n) is 13.0. The number of anilines is 1. The maximum Gasteiger partial charge on any atom is 0.319 e. The van der Waals surface area contributed by atoms with Crippen molar-refractivity contribution in [2.24, 2.45) is 11.3 Å². The molecule has 18 nitrogen and oxygen atoms in total. The Morgan fingerprint density at radius 2 is 1.63 bits per heavy atom. The number of carbonyl (C=O) groups excluding carboxylic acids is 3. The molecule has 436 valence electrons. The molecule has 3 amide bonds. The Labute approximate surface area is 483 Å². The molecule has 3 aromatic heterocycles. The lowest BCUT2D eigenvalue weighted by atomic mass is 9.85. The van der Waals surface area contributed by atoms with Gasteiger partial charge in [-0.25, -0.2) is 9.37 Å². The summed E-state index contributed by atoms with van der Waals surface area (Å²) in [5, 5.41) is 33.6. The highest BCUT2D eigenvalue weighted by molar-refractivity contribution is 7.13. The monoisotopic (exact) mass is 1140 g/mol. The van der Waals surface area contributed by atoms with Gasteiger partial charge in [-0.3, -0.25) is 29.2 Å². The normalized spacial score (nSPS) is 22.0. The molecule has 11 rings (SSSR count). The number of aromatic nitrogens is 4. The standard InChI is InChI=1S/C62H79FN12O6S/c1-7-40-9-8-10-43-27-46(76)28-48(52(40)43)54-53(63)55-49(30-64-54)58(74-32-44-15-16-45(33-74)67-44)70-61(69-55)81-26-25-71-19-17-39(18-20-71)31-72-21-23-73(24-22-72)35-51(78)68-57(62(4,5)6)60(80)75-34-47(77)29-50(75)59(79)66-37(2)41-11-13-42(14-12-41)56-38(3)65-36-82-56/h8-14,27-28,30,36-37,39,44-45,47,50,57,67,76-77H,7,15-26,29,31-35H2,1-6H3,(H,66,79)(H,68,78)/t37?,44?,45?,47-,50+,57?/m1/s1. The number of nitrogens with zero attached hydrogens (tertiary/aromatic N) is 9. The van der Waals surface area contributed by atoms with Crippen molar-refractivity contribution in [3.8, 4) is 33.5 Å². The van der Waals surface area contributed by atoms with Crippen LogP contribution in [0.4, 0.5) is 10.2 Å². The maximum absolute atomic E-state index is 17.1. The predicted molar refractivity (Wildman–Crippen MR) is 317 cm³/mol. The zero-order chi connectivity index (χ0) is 57.4. The van der Waals surface area contributed by atoms with E-state index < -0.39 is 29.4 Å². The van der Waals surface area contributed by atoms with Crippen molar-refractivity contribution < 1.29 is 33.7 Å². The molecule has 8 heterocycles. The predicted octanol–water partition coefficient (Wildman–Crippen LogP) is 6.70. The summed E-state index contributed by atoms with van der Waals surface area (Å²) in [4.78, 5) is 72.5. The van der Waals surface area contributed by atoms with E-state index in [-0.39, 0.29) is 66.2 Å². The molecule has 6 aromatic rings. The van der Waals surface area contributed by atoms with Crippen LogP contribution in [0.15, 0.2) is 66.3 Å². The Hall–Kier alpha value is -6.42. The van der Waals surface area contributed by atoms with Gasteiger partial charge < -0.3 is 45.6 Å². The number of rotatable bonds is 17. The highest BCUT2D eigenvalue weighted by atomic mass is 32.1. The summed E-state index contributed by atoms with van der Waals surface area (Å²) in [7, 11) is 0. The molecule has 82 heavy (non-hydrogen) atoms. The minimum Gasteiger partial charge on any atom is -0.508 e. The number of aryl methyl sites for hydroxylation is 2. The smallest absolute Gasteiger partial charge is 0.319 e. The molecule has 5 aliphatic rings. The number of phenolic OH excluding ortho intramolecular Hbond substituents is 1. The van der Waals surface area contributed by atoms with Crippen LogP contribution >= 0.6 is 11.3 Å². The first-order chi connectivity index (χ1) is 39.5. The van der Waals surface area contributed by atoms with E-state index in [1.807, 2.05) is 82.6 Å². The van der Waals surface area contributed by atoms with E-state index in [4.69, 9.17) is 19.7 Å². The minimum absolute atomic E-state index is 0.0116. The number of β-amino-alcohol motifs (C(OH)–C–C–N with tert-alkyl or cyclic N) is 1. The van der Waals surface area contributed by atoms with Gasteiger partial charge >= 0.3 is 6.01 Å². The third kappa shape index (κ3) is 12.6. The van der Waals surface area contributed by atoms with Gasteiger partial charge in [0.2, 0.25) is 17.7 Å². The molecule has 5 saturated heterocycles. The van der Waals surface area contributed by atoms with Gasteiger partial charge in [0.25, 0.3) is 0 Å². The minimum atomic E-state index is -0.902. The number of aromatic hydroxyl groups is 1. The number of phenols is 1. The second-order valence-electron chi connectivity index (χ2n) is 24.5. The van der Waals surface area contributed by atoms with Gasteiger partial charge in [0.05, 0.1) is 40.2 Å². The van der Waals surface area contributed by atoms with Crippen LogP contribution in [-0.4, -0.2) is 183 Å². The number of halogens is 1. The number of piperidine rings is 1. The van der Waals surface area contributed by atoms with Crippen LogP contribution in [0.5, 0.6) is 11.8 Å². The van der Waals surface area contributed by atoms with Crippen molar-refractivity contribution in [1.82, 2.24) is 55.5 Å². The van der Waals surface area contributed by atoms with Crippen LogP contribution in [0.3, 0.4) is 0 Å². The molecule has 5 N–H and O–H groups in total. The summed E-state index contributed by atoms with van der Waals surface area (Å²) in [6.07, 6.45) is 5.93. The molecular weight excluding hydrogens is 1060 g/mol. The lowest BCUT2D eigenvalue weighted by Crippen LogP contribution is -2.59. The number of benzene rings is 3. The molecule has 0 spiro atoms. The summed E-state index contributed by atoms with van der Waals surface area (Å²) >= 11 is 1.58. The van der Waals surface area contributed by atoms with Crippen molar-refractivity contribution in [1.29, 1.82) is 0 Å². The third-order valence-corrected chi connectivity index (χ3v) is 18.6. The zero-order valence-electron chi connectivity index (χ0n) is 48.2. The van der Waals surface area contributed by atoms with E-state index in [1.54, 1.807) is 29.7 Å². The van der Waals surface area contributed by atoms with E-state index in [0.717, 1.165) is 129 Å². The van der Waals surface area contributed by atoms with Gasteiger partial charge in [-0.2, -0.15) is 9.97 Å². The Morgan fingerprint density at radius 3 is 2.33 bits per heavy atom. The molecule has 2 bridgehead atoms. The van der Waals surface area contributed by atoms with Crippen molar-refractivity contribution >= 4 is 56.6 Å². The summed E-state index contributed by atoms with van der Waals surface area (Å²) in [5.41, 5.74) is 5.95. The highest BCUT2D eigenvalue weighted by Gasteiger charge is 2.45. The van der Waals surface area contributed by atoms with Crippen molar-refractivity contribution in [3.63, 3.8) is 0 Å². The van der Waals surface area contributed by atoms with Crippen molar-refractivity contribution in [2.45, 2.75) is 116 Å². The number of aliphatic hydroxyl groups is 1. The number of amides is 3. The largest absolute Gasteiger partial charge is 0.508 e. The molecule has 5 fully saturated rings. The number of fused-ring (bicyclic) bond motifs is 4. The maximum atomic E-state index is 17.1. The first-order valence-electron chi connectivity index (χ1n) is 29.5. The number of likely N-dealkylation sites (tertiary alicyclic amines) is 2. The number of pyridine rings is 1. The average molecular weight is 1140 g/mol. The summed E-state index contributed by atoms with van der Waals surface area (Å²) in [6.45, 7) is 20.3. The number of aliphatic hydroxyl groups excluding tert-OH is 1. The van der Waals surface area contributed by atoms with Crippen molar-refractivity contribution in [2.75, 3.05) is 90.0 Å². The molecule has 20 heteroatoms. The zero-order valence-corrected chi connectivity index (χ0v) is 49.0. The SMILES string of the molecule is CCc1cccc2cc(O)cc(-c3ncc4c(N5CC6CCC(C5)N6)nc(OCCN5CCC(CN6CCN(CC(=O)NC(C(=O)N7C[C@H](O)C[C@H]7C(=O)NC(C)c7ccc(-c8scnc8C)cc7)C(C)(C)C)CC6)CC5)nc4c3F)c12. The van der Waals surface area contributed by atoms with Crippen LogP contribution in [0.1, 0.15) is 89.6 Å². The number of carbonyl (C=O) groups is 3. The average Bonchev–Trinajstić information content (AvgIpc) is 4.01. The van der Waals surface area contributed by atoms with Gasteiger partial charge in [-0.15, -0.1) is 11.3 Å². The van der Waals surface area contributed by atoms with E-state index in [9.17, 15) is 24.6 Å². The fourth-order valence-corrected chi connectivity index (χ4v) is 13.8. The second-order valence-corrected chi connectivity index (χ2v) is 25.4. The summed E-state index contributed by atoms with van der Waals surface area (Å²) < 4.78 is 23.5. The number of nitrogens with one attached hydrogen (secondary N) is 3. The van der Waals surface area contributed by atoms with Crippen molar-refractivity contribution in [3.05, 3.63) is 88.9 Å². The van der Waals surface area contributed by atoms with E-state index in [2.05, 4.69) is 47.5 Å². The highest BCUT2D eigenvalue weighted by Crippen LogP contribution is 2.40. The molecular formula is C62H79FN12O6S. The van der Waals surface area contributed by atoms with Crippen LogP contribution in [-0.2, 0) is 20.8 Å². The lowest BCUT2D eigenvalue weighted by molar-refractivity contribution is -0.144. The fraction of sp³-hybridized carbons (Fsp3) is 0.532. The summed E-state index contributed by atoms with van der Waals surface area (Å²) in [6, 6.07) is 15.9. The van der Waals surface area contributed by atoms with Crippen LogP contribution < -0.4 is 25.6 Å². The molecule has 0 radical (unpaired) electrons. The number of ether oxygens (including phenoxy) is 1. The first kappa shape index (κ1) is 57.4. The van der Waals surface area contributed by atoms with Crippen LogP contribution in [0.25, 0.3) is 43.4 Å². The molecule has 0 saturated carbocycles. The molecule has 6 atom stereocenters. The van der Waals surface area contributed by atoms with E-state index >= 15 is 4.39 Å². The molecule has 5 aliphatic heterocycles. The Balaban J connectivity index is 0.652. The van der Waals surface area contributed by atoms with Gasteiger partial charge in [0.15, 0.2) is 5.82 Å². The van der Waals surface area contributed by atoms with Crippen LogP contribution in [0, 0.1) is 24.1 Å². The van der Waals surface area contributed by atoms with Gasteiger partial charge in [-0.05, 0) is 110 Å². The van der Waals surface area contributed by atoms with E-state index in [0.29, 0.717) is 47.9 Å². The van der Waals surface area contributed by atoms with Crippen LogP contribution in [0.2, 0.25) is 0 Å². The molecule has 4 unspecified atom stereocenters. The van der Waals surface area contributed by atoms with Gasteiger partial charge in [-0.1, -0.05) is 70.2 Å². The topological polar surface area (TPSA) is 205 Å². The van der Waals surface area contributed by atoms with Gasteiger partial charge in [0, 0.05) is 89.2 Å². The summed E-state index contributed by atoms with van der Waals surface area (Å²) in [5.74, 6) is -0.325. The Morgan fingerprint density at radius 1 is 0.902 bits per heavy atom. The number of hydrogen-bond acceptors (Lipinski definition) is 16. The third-order valence-electron chi connectivity index (χ3n) is 17.6. The Bertz CT molecular complexity index is 3270. The molecule has 3 aromatic carbocycles. The lowest BCUT2D eigenvalue weighted by Gasteiger charge is -2.39. The number of thiazole rings is 1. The number of piperazine rings is 2. The second kappa shape index (κ2) is 24.4.